The van der Waals surface area contributed by atoms with Crippen LogP contribution in [0.4, 0.5) is 5.69 Å². The van der Waals surface area contributed by atoms with E-state index in [-0.39, 0.29) is 37.2 Å². The quantitative estimate of drug-likeness (QED) is 0.591. The van der Waals surface area contributed by atoms with Crippen molar-refractivity contribution in [2.24, 2.45) is 0 Å². The SMILES string of the molecule is CCCN(CCC(=O)OCC)C(=O)CCN1C(=O)C(C)(C)Oc2ccc(C)cc21. The fourth-order valence-corrected chi connectivity index (χ4v) is 3.36. The Morgan fingerprint density at radius 3 is 2.55 bits per heavy atom. The number of ether oxygens (including phenoxy) is 2. The highest BCUT2D eigenvalue weighted by Gasteiger charge is 2.41. The van der Waals surface area contributed by atoms with Crippen LogP contribution in [0.25, 0.3) is 0 Å². The predicted molar refractivity (Wildman–Crippen MR) is 111 cm³/mol. The number of nitrogens with zero attached hydrogens (tertiary/aromatic N) is 2. The van der Waals surface area contributed by atoms with E-state index in [9.17, 15) is 14.4 Å². The molecule has 0 N–H and O–H groups in total. The van der Waals surface area contributed by atoms with Crippen LogP contribution in [0.5, 0.6) is 5.75 Å². The molecular formula is C22H32N2O5. The smallest absolute Gasteiger partial charge is 0.307 e. The van der Waals surface area contributed by atoms with Gasteiger partial charge in [-0.1, -0.05) is 13.0 Å². The van der Waals surface area contributed by atoms with Crippen molar-refractivity contribution in [3.05, 3.63) is 23.8 Å². The lowest BCUT2D eigenvalue weighted by Gasteiger charge is -2.39. The zero-order valence-electron chi connectivity index (χ0n) is 18.1. The number of esters is 1. The lowest BCUT2D eigenvalue weighted by atomic mass is 10.0. The molecule has 0 radical (unpaired) electrons. The molecular weight excluding hydrogens is 372 g/mol. The summed E-state index contributed by atoms with van der Waals surface area (Å²) in [6.45, 7) is 10.6. The number of carbonyl (C=O) groups excluding carboxylic acids is 3. The maximum atomic E-state index is 12.9. The van der Waals surface area contributed by atoms with Gasteiger partial charge in [0, 0.05) is 26.1 Å². The summed E-state index contributed by atoms with van der Waals surface area (Å²) in [4.78, 5) is 40.7. The van der Waals surface area contributed by atoms with Crippen LogP contribution in [0.3, 0.4) is 0 Å². The molecule has 160 valence electrons. The lowest BCUT2D eigenvalue weighted by molar-refractivity contribution is -0.144. The normalized spacial score (nSPS) is 14.8. The summed E-state index contributed by atoms with van der Waals surface area (Å²) in [5.41, 5.74) is 0.715. The molecule has 0 bridgehead atoms. The van der Waals surface area contributed by atoms with Gasteiger partial charge in [0.05, 0.1) is 18.7 Å². The van der Waals surface area contributed by atoms with Crippen molar-refractivity contribution < 1.29 is 23.9 Å². The van der Waals surface area contributed by atoms with Crippen LogP contribution in [0.2, 0.25) is 0 Å². The highest BCUT2D eigenvalue weighted by molar-refractivity contribution is 6.02. The van der Waals surface area contributed by atoms with Gasteiger partial charge >= 0.3 is 5.97 Å². The van der Waals surface area contributed by atoms with Crippen molar-refractivity contribution in [3.63, 3.8) is 0 Å². The van der Waals surface area contributed by atoms with E-state index in [2.05, 4.69) is 0 Å². The second-order valence-corrected chi connectivity index (χ2v) is 7.73. The molecule has 2 rings (SSSR count). The summed E-state index contributed by atoms with van der Waals surface area (Å²) in [5, 5.41) is 0. The van der Waals surface area contributed by atoms with Gasteiger partial charge in [0.1, 0.15) is 5.75 Å². The largest absolute Gasteiger partial charge is 0.476 e. The Morgan fingerprint density at radius 2 is 1.90 bits per heavy atom. The Morgan fingerprint density at radius 1 is 1.17 bits per heavy atom. The molecule has 1 aromatic carbocycles. The van der Waals surface area contributed by atoms with E-state index in [1.54, 1.807) is 30.6 Å². The fraction of sp³-hybridized carbons (Fsp3) is 0.591. The predicted octanol–water partition coefficient (Wildman–Crippen LogP) is 3.08. The fourth-order valence-electron chi connectivity index (χ4n) is 3.36. The van der Waals surface area contributed by atoms with E-state index in [1.807, 2.05) is 32.0 Å². The second kappa shape index (κ2) is 9.76. The van der Waals surface area contributed by atoms with Crippen molar-refractivity contribution in [2.45, 2.75) is 59.5 Å². The van der Waals surface area contributed by atoms with E-state index < -0.39 is 5.60 Å². The van der Waals surface area contributed by atoms with Crippen LogP contribution in [-0.4, -0.2) is 54.5 Å². The summed E-state index contributed by atoms with van der Waals surface area (Å²) in [7, 11) is 0. The molecule has 0 saturated carbocycles. The zero-order chi connectivity index (χ0) is 21.6. The third-order valence-corrected chi connectivity index (χ3v) is 4.82. The van der Waals surface area contributed by atoms with Gasteiger partial charge in [0.25, 0.3) is 5.91 Å². The molecule has 0 unspecified atom stereocenters. The number of aryl methyl sites for hydroxylation is 1. The standard InChI is InChI=1S/C22H32N2O5/c1-6-12-23(13-11-20(26)28-7-2)19(25)10-14-24-17-15-16(3)8-9-18(17)29-22(4,5)21(24)27/h8-9,15H,6-7,10-14H2,1-5H3. The van der Waals surface area contributed by atoms with Gasteiger partial charge in [-0.25, -0.2) is 0 Å². The molecule has 7 nitrogen and oxygen atoms in total. The summed E-state index contributed by atoms with van der Waals surface area (Å²) < 4.78 is 10.8. The average molecular weight is 405 g/mol. The van der Waals surface area contributed by atoms with Crippen LogP contribution < -0.4 is 9.64 Å². The van der Waals surface area contributed by atoms with E-state index in [4.69, 9.17) is 9.47 Å². The van der Waals surface area contributed by atoms with Crippen LogP contribution in [0, 0.1) is 6.92 Å². The van der Waals surface area contributed by atoms with Crippen LogP contribution in [0.15, 0.2) is 18.2 Å². The molecule has 0 atom stereocenters. The van der Waals surface area contributed by atoms with Crippen LogP contribution >= 0.6 is 0 Å². The van der Waals surface area contributed by atoms with Gasteiger partial charge < -0.3 is 19.3 Å². The molecule has 0 fully saturated rings. The number of benzene rings is 1. The molecule has 0 saturated heterocycles. The minimum Gasteiger partial charge on any atom is -0.476 e. The zero-order valence-corrected chi connectivity index (χ0v) is 18.1. The average Bonchev–Trinajstić information content (AvgIpc) is 2.66. The van der Waals surface area contributed by atoms with E-state index in [0.29, 0.717) is 31.1 Å². The van der Waals surface area contributed by atoms with Crippen molar-refractivity contribution in [2.75, 3.05) is 31.1 Å². The highest BCUT2D eigenvalue weighted by Crippen LogP contribution is 2.38. The first-order valence-corrected chi connectivity index (χ1v) is 10.2. The van der Waals surface area contributed by atoms with Gasteiger partial charge in [-0.15, -0.1) is 0 Å². The van der Waals surface area contributed by atoms with Crippen molar-refractivity contribution in [1.82, 2.24) is 4.90 Å². The summed E-state index contributed by atoms with van der Waals surface area (Å²) in [6, 6.07) is 5.69. The van der Waals surface area contributed by atoms with E-state index in [1.165, 1.54) is 0 Å². The number of fused-ring (bicyclic) bond motifs is 1. The highest BCUT2D eigenvalue weighted by atomic mass is 16.5. The Bertz CT molecular complexity index is 760. The summed E-state index contributed by atoms with van der Waals surface area (Å²) in [6.07, 6.45) is 1.14. The first-order valence-electron chi connectivity index (χ1n) is 10.2. The minimum atomic E-state index is -0.988. The third-order valence-electron chi connectivity index (χ3n) is 4.82. The molecule has 1 aromatic rings. The molecule has 29 heavy (non-hydrogen) atoms. The lowest BCUT2D eigenvalue weighted by Crippen LogP contribution is -2.53. The maximum Gasteiger partial charge on any atom is 0.307 e. The molecule has 2 amide bonds. The molecule has 1 heterocycles. The van der Waals surface area contributed by atoms with Gasteiger partial charge in [-0.2, -0.15) is 0 Å². The van der Waals surface area contributed by atoms with Gasteiger partial charge in [0.15, 0.2) is 5.60 Å². The van der Waals surface area contributed by atoms with Gasteiger partial charge in [-0.3, -0.25) is 14.4 Å². The maximum absolute atomic E-state index is 12.9. The summed E-state index contributed by atoms with van der Waals surface area (Å²) >= 11 is 0. The number of hydrogen-bond acceptors (Lipinski definition) is 5. The molecule has 0 aliphatic carbocycles. The molecule has 1 aliphatic heterocycles. The monoisotopic (exact) mass is 404 g/mol. The van der Waals surface area contributed by atoms with Crippen LogP contribution in [0.1, 0.15) is 52.5 Å². The van der Waals surface area contributed by atoms with Crippen molar-refractivity contribution >= 4 is 23.5 Å². The molecule has 0 aromatic heterocycles. The third kappa shape index (κ3) is 5.71. The van der Waals surface area contributed by atoms with Gasteiger partial charge in [0.2, 0.25) is 5.91 Å². The Hall–Kier alpha value is -2.57. The van der Waals surface area contributed by atoms with Crippen molar-refractivity contribution in [3.8, 4) is 5.75 Å². The molecule has 7 heteroatoms. The molecule has 1 aliphatic rings. The number of anilines is 1. The van der Waals surface area contributed by atoms with Crippen molar-refractivity contribution in [1.29, 1.82) is 0 Å². The van der Waals surface area contributed by atoms with E-state index >= 15 is 0 Å². The number of hydrogen-bond donors (Lipinski definition) is 0. The molecule has 0 spiro atoms. The minimum absolute atomic E-state index is 0.0811. The second-order valence-electron chi connectivity index (χ2n) is 7.73. The van der Waals surface area contributed by atoms with Gasteiger partial charge in [-0.05, 0) is 51.8 Å². The Labute approximate surface area is 172 Å². The first kappa shape index (κ1) is 22.7. The number of rotatable bonds is 9. The number of carbonyl (C=O) groups is 3. The first-order chi connectivity index (χ1) is 13.7. The Balaban J connectivity index is 2.09. The number of amides is 2. The van der Waals surface area contributed by atoms with E-state index in [0.717, 1.165) is 12.0 Å². The summed E-state index contributed by atoms with van der Waals surface area (Å²) in [5.74, 6) is 0.0794. The van der Waals surface area contributed by atoms with Crippen LogP contribution in [-0.2, 0) is 19.1 Å². The topological polar surface area (TPSA) is 76.2 Å². The Kier molecular flexibility index (Phi) is 7.65.